The summed E-state index contributed by atoms with van der Waals surface area (Å²) in [5, 5.41) is 0. The van der Waals surface area contributed by atoms with Crippen molar-refractivity contribution >= 4 is 51.7 Å². The van der Waals surface area contributed by atoms with Crippen LogP contribution in [0.2, 0.25) is 0 Å². The molecule has 0 aliphatic heterocycles. The fourth-order valence-corrected chi connectivity index (χ4v) is 2.49. The van der Waals surface area contributed by atoms with Crippen molar-refractivity contribution in [3.63, 3.8) is 0 Å². The van der Waals surface area contributed by atoms with Gasteiger partial charge >= 0.3 is 0 Å². The molecule has 0 spiro atoms. The molecule has 0 bridgehead atoms. The highest BCUT2D eigenvalue weighted by Gasteiger charge is 2.11. The zero-order valence-corrected chi connectivity index (χ0v) is 13.2. The topological polar surface area (TPSA) is 41.0 Å². The lowest BCUT2D eigenvalue weighted by molar-refractivity contribution is -0.130. The van der Waals surface area contributed by atoms with E-state index in [4.69, 9.17) is 12.2 Å². The highest BCUT2D eigenvalue weighted by atomic mass is 127. The number of benzene rings is 1. The smallest absolute Gasteiger partial charge is 0.242 e. The number of carbonyl (C=O) groups excluding carboxylic acids is 1. The molecule has 0 aliphatic carbocycles. The molecule has 0 atom stereocenters. The van der Waals surface area contributed by atoms with Gasteiger partial charge in [0.15, 0.2) is 4.77 Å². The lowest BCUT2D eigenvalue weighted by Gasteiger charge is -2.14. The molecule has 4 nitrogen and oxygen atoms in total. The molecule has 2 aromatic rings. The van der Waals surface area contributed by atoms with Crippen LogP contribution < -0.4 is 0 Å². The summed E-state index contributed by atoms with van der Waals surface area (Å²) in [7, 11) is 1.80. The maximum atomic E-state index is 11.9. The molecule has 6 heteroatoms. The minimum atomic E-state index is 0.0630. The van der Waals surface area contributed by atoms with Gasteiger partial charge in [0.2, 0.25) is 5.91 Å². The summed E-state index contributed by atoms with van der Waals surface area (Å²) in [5.74, 6) is 0.0630. The average molecular weight is 375 g/mol. The summed E-state index contributed by atoms with van der Waals surface area (Å²) in [5.41, 5.74) is 1.94. The number of nitrogens with one attached hydrogen (secondary N) is 1. The van der Waals surface area contributed by atoms with Gasteiger partial charge in [-0.1, -0.05) is 0 Å². The number of imidazole rings is 1. The van der Waals surface area contributed by atoms with E-state index in [-0.39, 0.29) is 12.5 Å². The molecule has 1 heterocycles. The van der Waals surface area contributed by atoms with E-state index in [0.717, 1.165) is 14.6 Å². The van der Waals surface area contributed by atoms with Gasteiger partial charge in [0.05, 0.1) is 11.0 Å². The number of nitrogens with zero attached hydrogens (tertiary/aromatic N) is 2. The molecule has 0 radical (unpaired) electrons. The van der Waals surface area contributed by atoms with Crippen molar-refractivity contribution < 1.29 is 4.79 Å². The molecule has 1 aromatic carbocycles. The number of H-pyrrole nitrogens is 1. The van der Waals surface area contributed by atoms with Gasteiger partial charge in [-0.2, -0.15) is 0 Å². The zero-order valence-electron chi connectivity index (χ0n) is 10.2. The van der Waals surface area contributed by atoms with Gasteiger partial charge in [-0.05, 0) is 59.9 Å². The molecule has 1 N–H and O–H groups in total. The third-order valence-electron chi connectivity index (χ3n) is 2.93. The molecule has 1 amide bonds. The van der Waals surface area contributed by atoms with Crippen LogP contribution in [0.15, 0.2) is 18.2 Å². The maximum absolute atomic E-state index is 11.9. The number of amides is 1. The first-order valence-electron chi connectivity index (χ1n) is 5.65. The van der Waals surface area contributed by atoms with E-state index in [9.17, 15) is 4.79 Å². The number of hydrogen-bond donors (Lipinski definition) is 1. The third-order valence-corrected chi connectivity index (χ3v) is 3.92. The summed E-state index contributed by atoms with van der Waals surface area (Å²) in [4.78, 5) is 16.8. The van der Waals surface area contributed by atoms with Crippen LogP contribution >= 0.6 is 34.8 Å². The van der Waals surface area contributed by atoms with E-state index in [0.29, 0.717) is 11.3 Å². The van der Waals surface area contributed by atoms with Crippen molar-refractivity contribution in [1.82, 2.24) is 14.5 Å². The maximum Gasteiger partial charge on any atom is 0.242 e. The summed E-state index contributed by atoms with van der Waals surface area (Å²) >= 11 is 7.52. The van der Waals surface area contributed by atoms with E-state index in [2.05, 4.69) is 27.6 Å². The molecule has 0 unspecified atom stereocenters. The fourth-order valence-electron chi connectivity index (χ4n) is 1.73. The predicted molar refractivity (Wildman–Crippen MR) is 83.2 cm³/mol. The first-order chi connectivity index (χ1) is 8.52. The Bertz CT molecular complexity index is 646. The molecule has 1 aromatic heterocycles. The third kappa shape index (κ3) is 2.59. The summed E-state index contributed by atoms with van der Waals surface area (Å²) < 4.78 is 3.57. The first kappa shape index (κ1) is 13.5. The molecule has 0 aliphatic rings. The van der Waals surface area contributed by atoms with Crippen molar-refractivity contribution in [2.45, 2.75) is 13.5 Å². The number of aromatic amines is 1. The number of aromatic nitrogens is 2. The number of carbonyl (C=O) groups is 1. The Morgan fingerprint density at radius 1 is 1.56 bits per heavy atom. The van der Waals surface area contributed by atoms with Gasteiger partial charge in [-0.25, -0.2) is 0 Å². The van der Waals surface area contributed by atoms with E-state index in [1.54, 1.807) is 11.9 Å². The highest BCUT2D eigenvalue weighted by molar-refractivity contribution is 14.1. The molecule has 18 heavy (non-hydrogen) atoms. The Hall–Kier alpha value is -0.890. The van der Waals surface area contributed by atoms with Crippen LogP contribution in [0.25, 0.3) is 11.0 Å². The number of halogens is 1. The number of likely N-dealkylation sites (N-methyl/N-ethyl adjacent to an activating group) is 1. The standard InChI is InChI=1S/C12H14IN3OS/c1-3-15(2)11(17)7-16-10-5-4-8(13)6-9(10)14-12(16)18/h4-6H,3,7H2,1-2H3,(H,14,18). The van der Waals surface area contributed by atoms with Crippen LogP contribution in [0.5, 0.6) is 0 Å². The highest BCUT2D eigenvalue weighted by Crippen LogP contribution is 2.17. The van der Waals surface area contributed by atoms with Crippen LogP contribution in [0.1, 0.15) is 6.92 Å². The molecular formula is C12H14IN3OS. The van der Waals surface area contributed by atoms with E-state index >= 15 is 0 Å². The van der Waals surface area contributed by atoms with E-state index in [1.807, 2.05) is 29.7 Å². The van der Waals surface area contributed by atoms with Crippen molar-refractivity contribution in [3.05, 3.63) is 26.5 Å². The molecule has 0 fully saturated rings. The lowest BCUT2D eigenvalue weighted by Crippen LogP contribution is -2.29. The van der Waals surface area contributed by atoms with Crippen LogP contribution in [0, 0.1) is 8.34 Å². The van der Waals surface area contributed by atoms with Gasteiger partial charge in [0.25, 0.3) is 0 Å². The Kier molecular flexibility index (Phi) is 4.06. The SMILES string of the molecule is CCN(C)C(=O)Cn1c(=S)[nH]c2cc(I)ccc21. The lowest BCUT2D eigenvalue weighted by atomic mass is 10.3. The Labute approximate surface area is 124 Å². The van der Waals surface area contributed by atoms with Gasteiger partial charge in [0, 0.05) is 17.2 Å². The van der Waals surface area contributed by atoms with Crippen LogP contribution in [-0.2, 0) is 11.3 Å². The van der Waals surface area contributed by atoms with Gasteiger partial charge < -0.3 is 14.5 Å². The van der Waals surface area contributed by atoms with Crippen molar-refractivity contribution in [3.8, 4) is 0 Å². The van der Waals surface area contributed by atoms with Gasteiger partial charge in [-0.3, -0.25) is 4.79 Å². The normalized spacial score (nSPS) is 10.8. The molecule has 0 saturated carbocycles. The van der Waals surface area contributed by atoms with E-state index in [1.165, 1.54) is 0 Å². The molecule has 2 rings (SSSR count). The quantitative estimate of drug-likeness (QED) is 0.662. The molecule has 0 saturated heterocycles. The molecule has 96 valence electrons. The van der Waals surface area contributed by atoms with E-state index < -0.39 is 0 Å². The van der Waals surface area contributed by atoms with Crippen LogP contribution in [0.4, 0.5) is 0 Å². The fraction of sp³-hybridized carbons (Fsp3) is 0.333. The Morgan fingerprint density at radius 2 is 2.28 bits per heavy atom. The Morgan fingerprint density at radius 3 is 2.94 bits per heavy atom. The second-order valence-corrected chi connectivity index (χ2v) is 5.72. The minimum absolute atomic E-state index is 0.0630. The second kappa shape index (κ2) is 5.40. The van der Waals surface area contributed by atoms with Crippen molar-refractivity contribution in [1.29, 1.82) is 0 Å². The summed E-state index contributed by atoms with van der Waals surface area (Å²) in [6.45, 7) is 2.94. The predicted octanol–water partition coefficient (Wildman–Crippen LogP) is 2.78. The number of rotatable bonds is 3. The second-order valence-electron chi connectivity index (χ2n) is 4.09. The average Bonchev–Trinajstić information content (AvgIpc) is 2.64. The number of hydrogen-bond acceptors (Lipinski definition) is 2. The van der Waals surface area contributed by atoms with Crippen LogP contribution in [0.3, 0.4) is 0 Å². The first-order valence-corrected chi connectivity index (χ1v) is 7.13. The van der Waals surface area contributed by atoms with Gasteiger partial charge in [-0.15, -0.1) is 0 Å². The summed E-state index contributed by atoms with van der Waals surface area (Å²) in [6, 6.07) is 6.02. The van der Waals surface area contributed by atoms with Crippen molar-refractivity contribution in [2.24, 2.45) is 0 Å². The molecular weight excluding hydrogens is 361 g/mol. The summed E-state index contributed by atoms with van der Waals surface area (Å²) in [6.07, 6.45) is 0. The minimum Gasteiger partial charge on any atom is -0.344 e. The zero-order chi connectivity index (χ0) is 13.3. The van der Waals surface area contributed by atoms with Crippen LogP contribution in [-0.4, -0.2) is 34.0 Å². The largest absolute Gasteiger partial charge is 0.344 e. The monoisotopic (exact) mass is 375 g/mol. The van der Waals surface area contributed by atoms with Crippen molar-refractivity contribution in [2.75, 3.05) is 13.6 Å². The number of fused-ring (bicyclic) bond motifs is 1. The Balaban J connectivity index is 2.42. The van der Waals surface area contributed by atoms with Gasteiger partial charge in [0.1, 0.15) is 6.54 Å².